The highest BCUT2D eigenvalue weighted by atomic mass is 15.1. The van der Waals surface area contributed by atoms with Gasteiger partial charge in [-0.2, -0.15) is 0 Å². The van der Waals surface area contributed by atoms with Crippen molar-refractivity contribution in [1.29, 1.82) is 0 Å². The molecule has 2 heteroatoms. The molecule has 1 aliphatic heterocycles. The molecule has 0 aliphatic carbocycles. The second kappa shape index (κ2) is 11.5. The lowest BCUT2D eigenvalue weighted by atomic mass is 9.89. The SMILES string of the molecule is CCC(CC)C(CCC(C)C)NCCCN1CCCCC1. The summed E-state index contributed by atoms with van der Waals surface area (Å²) < 4.78 is 0. The van der Waals surface area contributed by atoms with Gasteiger partial charge in [-0.15, -0.1) is 0 Å². The van der Waals surface area contributed by atoms with Crippen molar-refractivity contribution in [1.82, 2.24) is 10.2 Å². The highest BCUT2D eigenvalue weighted by Gasteiger charge is 2.18. The van der Waals surface area contributed by atoms with Crippen LogP contribution in [-0.4, -0.2) is 37.1 Å². The third-order valence-corrected chi connectivity index (χ3v) is 5.18. The molecular formula is C19H40N2. The fraction of sp³-hybridized carbons (Fsp3) is 1.00. The molecule has 1 saturated heterocycles. The van der Waals surface area contributed by atoms with E-state index in [0.29, 0.717) is 0 Å². The molecule has 1 aliphatic rings. The summed E-state index contributed by atoms with van der Waals surface area (Å²) >= 11 is 0. The number of hydrogen-bond donors (Lipinski definition) is 1. The van der Waals surface area contributed by atoms with Gasteiger partial charge in [0.15, 0.2) is 0 Å². The van der Waals surface area contributed by atoms with Crippen molar-refractivity contribution < 1.29 is 0 Å². The van der Waals surface area contributed by atoms with Crippen LogP contribution in [0.5, 0.6) is 0 Å². The number of piperidine rings is 1. The van der Waals surface area contributed by atoms with Crippen molar-refractivity contribution in [2.45, 2.75) is 85.1 Å². The van der Waals surface area contributed by atoms with Crippen LogP contribution in [0.15, 0.2) is 0 Å². The van der Waals surface area contributed by atoms with Crippen LogP contribution in [0.25, 0.3) is 0 Å². The van der Waals surface area contributed by atoms with E-state index in [1.807, 2.05) is 0 Å². The Hall–Kier alpha value is -0.0800. The summed E-state index contributed by atoms with van der Waals surface area (Å²) in [6, 6.07) is 0.740. The van der Waals surface area contributed by atoms with Crippen LogP contribution in [-0.2, 0) is 0 Å². The zero-order valence-corrected chi connectivity index (χ0v) is 15.2. The van der Waals surface area contributed by atoms with Gasteiger partial charge in [0.2, 0.25) is 0 Å². The Kier molecular flexibility index (Phi) is 10.4. The van der Waals surface area contributed by atoms with E-state index in [1.54, 1.807) is 0 Å². The van der Waals surface area contributed by atoms with Crippen LogP contribution in [0.1, 0.15) is 79.1 Å². The molecule has 0 spiro atoms. The molecular weight excluding hydrogens is 256 g/mol. The summed E-state index contributed by atoms with van der Waals surface area (Å²) in [6.07, 6.45) is 10.9. The van der Waals surface area contributed by atoms with E-state index in [2.05, 4.69) is 37.9 Å². The molecule has 126 valence electrons. The van der Waals surface area contributed by atoms with Crippen molar-refractivity contribution in [2.75, 3.05) is 26.2 Å². The first-order chi connectivity index (χ1) is 10.2. The van der Waals surface area contributed by atoms with E-state index in [0.717, 1.165) is 17.9 Å². The molecule has 21 heavy (non-hydrogen) atoms. The largest absolute Gasteiger partial charge is 0.314 e. The van der Waals surface area contributed by atoms with Gasteiger partial charge in [-0.05, 0) is 70.1 Å². The van der Waals surface area contributed by atoms with Crippen LogP contribution < -0.4 is 5.32 Å². The topological polar surface area (TPSA) is 15.3 Å². The van der Waals surface area contributed by atoms with Crippen LogP contribution in [0.2, 0.25) is 0 Å². The van der Waals surface area contributed by atoms with Crippen LogP contribution in [0.3, 0.4) is 0 Å². The molecule has 1 rings (SSSR count). The molecule has 2 nitrogen and oxygen atoms in total. The summed E-state index contributed by atoms with van der Waals surface area (Å²) in [6.45, 7) is 14.6. The average Bonchev–Trinajstić information content (AvgIpc) is 2.50. The molecule has 0 aromatic rings. The molecule has 1 unspecified atom stereocenters. The van der Waals surface area contributed by atoms with E-state index in [-0.39, 0.29) is 0 Å². The van der Waals surface area contributed by atoms with Gasteiger partial charge in [0.05, 0.1) is 0 Å². The maximum Gasteiger partial charge on any atom is 0.00952 e. The van der Waals surface area contributed by atoms with Crippen molar-refractivity contribution >= 4 is 0 Å². The van der Waals surface area contributed by atoms with Gasteiger partial charge in [-0.1, -0.05) is 47.0 Å². The van der Waals surface area contributed by atoms with Gasteiger partial charge >= 0.3 is 0 Å². The number of nitrogens with zero attached hydrogens (tertiary/aromatic N) is 1. The second-order valence-electron chi connectivity index (χ2n) is 7.36. The van der Waals surface area contributed by atoms with Crippen molar-refractivity contribution in [3.05, 3.63) is 0 Å². The molecule has 0 aromatic heterocycles. The first kappa shape index (κ1) is 19.0. The Morgan fingerprint density at radius 2 is 1.62 bits per heavy atom. The molecule has 1 fully saturated rings. The second-order valence-corrected chi connectivity index (χ2v) is 7.36. The lowest BCUT2D eigenvalue weighted by Crippen LogP contribution is -2.38. The highest BCUT2D eigenvalue weighted by molar-refractivity contribution is 4.76. The van der Waals surface area contributed by atoms with Gasteiger partial charge in [0, 0.05) is 6.04 Å². The molecule has 0 aromatic carbocycles. The fourth-order valence-corrected chi connectivity index (χ4v) is 3.65. The zero-order chi connectivity index (χ0) is 15.5. The molecule has 0 radical (unpaired) electrons. The molecule has 0 amide bonds. The normalized spacial score (nSPS) is 18.6. The summed E-state index contributed by atoms with van der Waals surface area (Å²) in [5, 5.41) is 3.89. The monoisotopic (exact) mass is 296 g/mol. The first-order valence-electron chi connectivity index (χ1n) is 9.63. The van der Waals surface area contributed by atoms with E-state index in [4.69, 9.17) is 0 Å². The van der Waals surface area contributed by atoms with E-state index < -0.39 is 0 Å². The third kappa shape index (κ3) is 8.21. The highest BCUT2D eigenvalue weighted by Crippen LogP contribution is 2.19. The predicted molar refractivity (Wildman–Crippen MR) is 94.8 cm³/mol. The number of nitrogens with one attached hydrogen (secondary N) is 1. The van der Waals surface area contributed by atoms with Gasteiger partial charge < -0.3 is 10.2 Å². The van der Waals surface area contributed by atoms with E-state index >= 15 is 0 Å². The maximum absolute atomic E-state index is 3.89. The third-order valence-electron chi connectivity index (χ3n) is 5.18. The van der Waals surface area contributed by atoms with Crippen LogP contribution in [0.4, 0.5) is 0 Å². The smallest absolute Gasteiger partial charge is 0.00952 e. The van der Waals surface area contributed by atoms with Crippen molar-refractivity contribution in [3.8, 4) is 0 Å². The number of rotatable bonds is 11. The Morgan fingerprint density at radius 3 is 2.19 bits per heavy atom. The quantitative estimate of drug-likeness (QED) is 0.556. The van der Waals surface area contributed by atoms with Gasteiger partial charge in [0.1, 0.15) is 0 Å². The minimum Gasteiger partial charge on any atom is -0.314 e. The first-order valence-corrected chi connectivity index (χ1v) is 9.63. The molecule has 1 N–H and O–H groups in total. The van der Waals surface area contributed by atoms with Gasteiger partial charge in [0.25, 0.3) is 0 Å². The Balaban J connectivity index is 2.23. The Labute approximate surface area is 134 Å². The minimum atomic E-state index is 0.740. The average molecular weight is 297 g/mol. The molecule has 1 heterocycles. The lowest BCUT2D eigenvalue weighted by molar-refractivity contribution is 0.221. The fourth-order valence-electron chi connectivity index (χ4n) is 3.65. The molecule has 0 saturated carbocycles. The molecule has 1 atom stereocenters. The van der Waals surface area contributed by atoms with Crippen LogP contribution >= 0.6 is 0 Å². The van der Waals surface area contributed by atoms with E-state index in [9.17, 15) is 0 Å². The standard InChI is InChI=1S/C19H40N2/c1-5-18(6-2)19(12-11-17(3)4)20-13-10-16-21-14-8-7-9-15-21/h17-20H,5-16H2,1-4H3. The summed E-state index contributed by atoms with van der Waals surface area (Å²) in [7, 11) is 0. The number of hydrogen-bond acceptors (Lipinski definition) is 2. The maximum atomic E-state index is 3.89. The van der Waals surface area contributed by atoms with Crippen LogP contribution in [0, 0.1) is 11.8 Å². The van der Waals surface area contributed by atoms with Crippen molar-refractivity contribution in [3.63, 3.8) is 0 Å². The van der Waals surface area contributed by atoms with Crippen molar-refractivity contribution in [2.24, 2.45) is 11.8 Å². The van der Waals surface area contributed by atoms with Gasteiger partial charge in [-0.3, -0.25) is 0 Å². The predicted octanol–water partition coefficient (Wildman–Crippen LogP) is 4.69. The number of likely N-dealkylation sites (tertiary alicyclic amines) is 1. The summed E-state index contributed by atoms with van der Waals surface area (Å²) in [5.41, 5.74) is 0. The zero-order valence-electron chi connectivity index (χ0n) is 15.2. The summed E-state index contributed by atoms with van der Waals surface area (Å²) in [4.78, 5) is 2.66. The molecule has 0 bridgehead atoms. The lowest BCUT2D eigenvalue weighted by Gasteiger charge is -2.29. The van der Waals surface area contributed by atoms with E-state index in [1.165, 1.54) is 77.5 Å². The Morgan fingerprint density at radius 1 is 0.952 bits per heavy atom. The minimum absolute atomic E-state index is 0.740. The summed E-state index contributed by atoms with van der Waals surface area (Å²) in [5.74, 6) is 1.69. The van der Waals surface area contributed by atoms with Gasteiger partial charge in [-0.25, -0.2) is 0 Å². The Bertz CT molecular complexity index is 230.